The average Bonchev–Trinajstić information content (AvgIpc) is 3.36. The van der Waals surface area contributed by atoms with Crippen molar-refractivity contribution in [2.24, 2.45) is 5.92 Å². The molecular formula is C25H26BrN5O5. The first-order chi connectivity index (χ1) is 17.3. The van der Waals surface area contributed by atoms with Crippen LogP contribution in [0.4, 0.5) is 16.2 Å². The lowest BCUT2D eigenvalue weighted by molar-refractivity contribution is 0.0985. The van der Waals surface area contributed by atoms with Crippen LogP contribution in [0.3, 0.4) is 0 Å². The Bertz CT molecular complexity index is 1250. The minimum atomic E-state index is -0.880. The highest BCUT2D eigenvalue weighted by molar-refractivity contribution is 9.10. The summed E-state index contributed by atoms with van der Waals surface area (Å²) in [5.74, 6) is -0.0501. The molecule has 188 valence electrons. The number of amides is 3. The van der Waals surface area contributed by atoms with Gasteiger partial charge in [-0.05, 0) is 67.6 Å². The zero-order chi connectivity index (χ0) is 25.7. The van der Waals surface area contributed by atoms with E-state index in [9.17, 15) is 14.4 Å². The number of piperidine rings is 1. The van der Waals surface area contributed by atoms with Crippen LogP contribution in [0, 0.1) is 12.8 Å². The number of aromatic amines is 1. The first-order valence-corrected chi connectivity index (χ1v) is 12.2. The van der Waals surface area contributed by atoms with Crippen molar-refractivity contribution in [1.82, 2.24) is 14.9 Å². The molecule has 0 aliphatic carbocycles. The van der Waals surface area contributed by atoms with Gasteiger partial charge in [0.15, 0.2) is 5.69 Å². The number of benzene rings is 2. The van der Waals surface area contributed by atoms with Crippen molar-refractivity contribution in [3.8, 4) is 5.75 Å². The lowest BCUT2D eigenvalue weighted by atomic mass is 9.98. The Kier molecular flexibility index (Phi) is 7.89. The molecule has 1 aromatic heterocycles. The third-order valence-corrected chi connectivity index (χ3v) is 6.51. The van der Waals surface area contributed by atoms with Gasteiger partial charge in [0.1, 0.15) is 11.4 Å². The number of halogens is 1. The van der Waals surface area contributed by atoms with Crippen LogP contribution in [0.25, 0.3) is 0 Å². The molecule has 0 bridgehead atoms. The Labute approximate surface area is 216 Å². The van der Waals surface area contributed by atoms with E-state index < -0.39 is 17.9 Å². The van der Waals surface area contributed by atoms with Crippen LogP contribution >= 0.6 is 15.9 Å². The number of aryl methyl sites for hydroxylation is 1. The van der Waals surface area contributed by atoms with E-state index in [1.807, 2.05) is 19.1 Å². The molecule has 11 heteroatoms. The number of carboxylic acid groups (broad SMARTS) is 1. The Balaban J connectivity index is 1.32. The normalized spacial score (nSPS) is 13.8. The van der Waals surface area contributed by atoms with Gasteiger partial charge in [0.2, 0.25) is 0 Å². The van der Waals surface area contributed by atoms with E-state index in [-0.39, 0.29) is 11.4 Å². The van der Waals surface area contributed by atoms with Gasteiger partial charge in [-0.1, -0.05) is 22.0 Å². The monoisotopic (exact) mass is 555 g/mol. The van der Waals surface area contributed by atoms with Gasteiger partial charge in [0.05, 0.1) is 12.9 Å². The van der Waals surface area contributed by atoms with Gasteiger partial charge in [-0.15, -0.1) is 0 Å². The molecule has 1 fully saturated rings. The number of hydrogen-bond acceptors (Lipinski definition) is 5. The predicted molar refractivity (Wildman–Crippen MR) is 138 cm³/mol. The summed E-state index contributed by atoms with van der Waals surface area (Å²) >= 11 is 3.39. The maximum absolute atomic E-state index is 12.8. The molecule has 0 saturated carbocycles. The zero-order valence-corrected chi connectivity index (χ0v) is 21.2. The first-order valence-electron chi connectivity index (χ1n) is 11.4. The van der Waals surface area contributed by atoms with E-state index in [1.54, 1.807) is 30.3 Å². The Morgan fingerprint density at radius 2 is 1.83 bits per heavy atom. The van der Waals surface area contributed by atoms with Crippen molar-refractivity contribution in [2.45, 2.75) is 19.8 Å². The topological polar surface area (TPSA) is 137 Å². The van der Waals surface area contributed by atoms with Gasteiger partial charge in [-0.2, -0.15) is 0 Å². The summed E-state index contributed by atoms with van der Waals surface area (Å²) in [7, 11) is 0. The lowest BCUT2D eigenvalue weighted by Gasteiger charge is -2.29. The van der Waals surface area contributed by atoms with E-state index >= 15 is 0 Å². The number of rotatable bonds is 7. The van der Waals surface area contributed by atoms with Gasteiger partial charge in [-0.3, -0.25) is 9.59 Å². The molecule has 3 amide bonds. The molecule has 10 nitrogen and oxygen atoms in total. The Morgan fingerprint density at radius 1 is 1.11 bits per heavy atom. The average molecular weight is 556 g/mol. The quantitative estimate of drug-likeness (QED) is 0.332. The summed E-state index contributed by atoms with van der Waals surface area (Å²) in [6.45, 7) is 3.41. The summed E-state index contributed by atoms with van der Waals surface area (Å²) in [5, 5.41) is 14.6. The number of nitrogens with zero attached hydrogens (tertiary/aromatic N) is 2. The molecule has 1 saturated heterocycles. The molecule has 0 unspecified atom stereocenters. The molecule has 36 heavy (non-hydrogen) atoms. The second-order valence-electron chi connectivity index (χ2n) is 8.54. The number of nitrogens with one attached hydrogen (secondary N) is 3. The van der Waals surface area contributed by atoms with Gasteiger partial charge in [0.25, 0.3) is 11.8 Å². The SMILES string of the molecule is Cc1ccc(Br)cc1NC(=O)c1[nH]cnc1C(=O)Nc1ccc(OCC2CCN(C(=O)O)CC2)cc1. The van der Waals surface area contributed by atoms with Crippen LogP contribution < -0.4 is 15.4 Å². The van der Waals surface area contributed by atoms with Gasteiger partial charge >= 0.3 is 6.09 Å². The van der Waals surface area contributed by atoms with Crippen LogP contribution in [0.1, 0.15) is 39.4 Å². The summed E-state index contributed by atoms with van der Waals surface area (Å²) in [4.78, 5) is 44.8. The van der Waals surface area contributed by atoms with E-state index in [4.69, 9.17) is 9.84 Å². The number of hydrogen-bond donors (Lipinski definition) is 4. The van der Waals surface area contributed by atoms with Crippen molar-refractivity contribution < 1.29 is 24.2 Å². The molecule has 0 atom stereocenters. The molecule has 0 radical (unpaired) electrons. The number of anilines is 2. The summed E-state index contributed by atoms with van der Waals surface area (Å²) in [6, 6.07) is 12.4. The highest BCUT2D eigenvalue weighted by Crippen LogP contribution is 2.23. The van der Waals surface area contributed by atoms with Crippen LogP contribution in [0.15, 0.2) is 53.3 Å². The molecule has 4 N–H and O–H groups in total. The molecule has 2 aromatic carbocycles. The number of H-pyrrole nitrogens is 1. The lowest BCUT2D eigenvalue weighted by Crippen LogP contribution is -2.38. The van der Waals surface area contributed by atoms with Gasteiger partial charge in [-0.25, -0.2) is 9.78 Å². The standard InChI is InChI=1S/C25H26BrN5O5/c1-15-2-3-17(26)12-20(15)30-24(33)22-21(27-14-28-22)23(32)29-18-4-6-19(7-5-18)36-13-16-8-10-31(11-9-16)25(34)35/h2-7,12,14,16H,8-11,13H2,1H3,(H,27,28)(H,29,32)(H,30,33)(H,34,35). The smallest absolute Gasteiger partial charge is 0.407 e. The van der Waals surface area contributed by atoms with E-state index in [0.29, 0.717) is 42.7 Å². The maximum atomic E-state index is 12.8. The van der Waals surface area contributed by atoms with Gasteiger partial charge in [0, 0.05) is 28.9 Å². The Morgan fingerprint density at radius 3 is 2.53 bits per heavy atom. The van der Waals surface area contributed by atoms with Crippen molar-refractivity contribution in [3.63, 3.8) is 0 Å². The van der Waals surface area contributed by atoms with E-state index in [2.05, 4.69) is 36.5 Å². The largest absolute Gasteiger partial charge is 0.493 e. The third-order valence-electron chi connectivity index (χ3n) is 6.01. The third kappa shape index (κ3) is 6.22. The number of aromatic nitrogens is 2. The fraction of sp³-hybridized carbons (Fsp3) is 0.280. The van der Waals surface area contributed by atoms with Crippen molar-refractivity contribution in [1.29, 1.82) is 0 Å². The number of imidazole rings is 1. The second-order valence-corrected chi connectivity index (χ2v) is 9.46. The highest BCUT2D eigenvalue weighted by Gasteiger charge is 2.23. The van der Waals surface area contributed by atoms with Crippen molar-refractivity contribution in [2.75, 3.05) is 30.3 Å². The molecule has 1 aliphatic heterocycles. The van der Waals surface area contributed by atoms with E-state index in [1.165, 1.54) is 11.2 Å². The van der Waals surface area contributed by atoms with Crippen LogP contribution in [-0.4, -0.2) is 57.6 Å². The summed E-state index contributed by atoms with van der Waals surface area (Å²) in [5.41, 5.74) is 2.07. The fourth-order valence-electron chi connectivity index (χ4n) is 3.88. The maximum Gasteiger partial charge on any atom is 0.407 e. The van der Waals surface area contributed by atoms with Crippen molar-refractivity contribution >= 4 is 45.2 Å². The van der Waals surface area contributed by atoms with Crippen LogP contribution in [-0.2, 0) is 0 Å². The van der Waals surface area contributed by atoms with Crippen LogP contribution in [0.2, 0.25) is 0 Å². The molecule has 4 rings (SSSR count). The molecule has 1 aliphatic rings. The van der Waals surface area contributed by atoms with Gasteiger partial charge < -0.3 is 30.4 Å². The summed E-state index contributed by atoms with van der Waals surface area (Å²) in [6.07, 6.45) is 1.95. The molecule has 0 spiro atoms. The first kappa shape index (κ1) is 25.2. The number of carbonyl (C=O) groups excluding carboxylic acids is 2. The molecular weight excluding hydrogens is 530 g/mol. The van der Waals surface area contributed by atoms with E-state index in [0.717, 1.165) is 22.9 Å². The number of ether oxygens (including phenoxy) is 1. The molecule has 2 heterocycles. The number of likely N-dealkylation sites (tertiary alicyclic amines) is 1. The minimum Gasteiger partial charge on any atom is -0.493 e. The minimum absolute atomic E-state index is 0.0202. The molecule has 3 aromatic rings. The second kappa shape index (κ2) is 11.3. The summed E-state index contributed by atoms with van der Waals surface area (Å²) < 4.78 is 6.67. The predicted octanol–water partition coefficient (Wildman–Crippen LogP) is 4.75. The van der Waals surface area contributed by atoms with Crippen molar-refractivity contribution in [3.05, 3.63) is 70.2 Å². The zero-order valence-electron chi connectivity index (χ0n) is 19.6. The fourth-order valence-corrected chi connectivity index (χ4v) is 4.24. The number of carbonyl (C=O) groups is 3. The highest BCUT2D eigenvalue weighted by atomic mass is 79.9. The van der Waals surface area contributed by atoms with Crippen LogP contribution in [0.5, 0.6) is 5.75 Å². The Hall–Kier alpha value is -3.86.